The molecule has 148 valence electrons. The van der Waals surface area contributed by atoms with Gasteiger partial charge in [0.25, 0.3) is 5.91 Å². The van der Waals surface area contributed by atoms with Gasteiger partial charge in [-0.05, 0) is 43.4 Å². The van der Waals surface area contributed by atoms with Crippen LogP contribution < -0.4 is 5.73 Å². The van der Waals surface area contributed by atoms with Gasteiger partial charge in [0.2, 0.25) is 0 Å². The number of aromatic nitrogens is 1. The Kier molecular flexibility index (Phi) is 5.94. The molecule has 2 heterocycles. The number of pyridine rings is 1. The monoisotopic (exact) mass is 383 g/mol. The number of anilines is 1. The van der Waals surface area contributed by atoms with Crippen LogP contribution in [-0.4, -0.2) is 51.2 Å². The number of hydrogen-bond acceptors (Lipinski definition) is 5. The van der Waals surface area contributed by atoms with E-state index in [0.29, 0.717) is 12.8 Å². The number of hydrogen-bond donors (Lipinski definition) is 3. The summed E-state index contributed by atoms with van der Waals surface area (Å²) in [5.41, 5.74) is 5.57. The lowest BCUT2D eigenvalue weighted by molar-refractivity contribution is -0.162. The van der Waals surface area contributed by atoms with Crippen molar-refractivity contribution in [2.24, 2.45) is 5.41 Å². The molecule has 0 saturated carbocycles. The number of rotatable bonds is 6. The molecule has 7 heteroatoms. The summed E-state index contributed by atoms with van der Waals surface area (Å²) >= 11 is 0. The Morgan fingerprint density at radius 3 is 2.61 bits per heavy atom. The van der Waals surface area contributed by atoms with Crippen molar-refractivity contribution in [3.05, 3.63) is 59.8 Å². The average molecular weight is 383 g/mol. The lowest BCUT2D eigenvalue weighted by atomic mass is 9.73. The Labute approximate surface area is 163 Å². The van der Waals surface area contributed by atoms with Gasteiger partial charge in [-0.2, -0.15) is 0 Å². The summed E-state index contributed by atoms with van der Waals surface area (Å²) in [7, 11) is 0. The quantitative estimate of drug-likeness (QED) is 0.702. The van der Waals surface area contributed by atoms with E-state index >= 15 is 0 Å². The summed E-state index contributed by atoms with van der Waals surface area (Å²) in [6, 6.07) is 14.6. The number of carboxylic acids is 1. The highest BCUT2D eigenvalue weighted by atomic mass is 16.4. The number of piperidine rings is 1. The molecule has 1 aliphatic rings. The Bertz CT molecular complexity index is 843. The lowest BCUT2D eigenvalue weighted by Crippen LogP contribution is -2.57. The lowest BCUT2D eigenvalue weighted by Gasteiger charge is -2.43. The molecular weight excluding hydrogens is 358 g/mol. The van der Waals surface area contributed by atoms with Crippen LogP contribution in [0.15, 0.2) is 48.5 Å². The molecule has 1 aliphatic heterocycles. The first-order valence-corrected chi connectivity index (χ1v) is 9.39. The molecule has 1 fully saturated rings. The van der Waals surface area contributed by atoms with E-state index in [4.69, 9.17) is 5.73 Å². The zero-order valence-corrected chi connectivity index (χ0v) is 15.6. The van der Waals surface area contributed by atoms with Crippen molar-refractivity contribution in [2.75, 3.05) is 18.8 Å². The van der Waals surface area contributed by atoms with Gasteiger partial charge in [-0.3, -0.25) is 9.59 Å². The van der Waals surface area contributed by atoms with Gasteiger partial charge in [-0.15, -0.1) is 0 Å². The summed E-state index contributed by atoms with van der Waals surface area (Å²) < 4.78 is 0. The fourth-order valence-corrected chi connectivity index (χ4v) is 3.80. The molecule has 1 aromatic carbocycles. The summed E-state index contributed by atoms with van der Waals surface area (Å²) in [6.07, 6.45) is 0.816. The Hall–Kier alpha value is -2.93. The van der Waals surface area contributed by atoms with Crippen LogP contribution in [0, 0.1) is 5.41 Å². The molecule has 4 N–H and O–H groups in total. The number of aliphatic hydroxyl groups is 1. The maximum absolute atomic E-state index is 12.8. The van der Waals surface area contributed by atoms with Crippen LogP contribution in [0.4, 0.5) is 5.82 Å². The number of benzene rings is 1. The standard InChI is InChI=1S/C21H25N3O4/c22-18-10-4-9-16(23-18)19(26)24-13-11-17(25)21(14-24,20(27)28)12-5-8-15-6-2-1-3-7-15/h1-4,6-7,9-10,17,25H,5,8,11-14H2,(H2,22,23)(H,27,28)/t17-,21-/m1/s1. The minimum atomic E-state index is -1.39. The van der Waals surface area contributed by atoms with E-state index in [-0.39, 0.29) is 43.4 Å². The van der Waals surface area contributed by atoms with E-state index in [9.17, 15) is 19.8 Å². The van der Waals surface area contributed by atoms with Gasteiger partial charge in [0.1, 0.15) is 16.9 Å². The second-order valence-corrected chi connectivity index (χ2v) is 7.28. The zero-order chi connectivity index (χ0) is 20.1. The van der Waals surface area contributed by atoms with E-state index in [1.54, 1.807) is 18.2 Å². The summed E-state index contributed by atoms with van der Waals surface area (Å²) in [4.78, 5) is 30.5. The van der Waals surface area contributed by atoms with Gasteiger partial charge in [0, 0.05) is 13.1 Å². The summed E-state index contributed by atoms with van der Waals surface area (Å²) in [5.74, 6) is -1.21. The molecule has 0 aliphatic carbocycles. The molecule has 2 atom stereocenters. The van der Waals surface area contributed by atoms with Crippen LogP contribution in [0.5, 0.6) is 0 Å². The molecule has 0 bridgehead atoms. The van der Waals surface area contributed by atoms with Crippen molar-refractivity contribution in [1.29, 1.82) is 0 Å². The number of likely N-dealkylation sites (tertiary alicyclic amines) is 1. The van der Waals surface area contributed by atoms with Gasteiger partial charge in [-0.1, -0.05) is 36.4 Å². The number of aryl methyl sites for hydroxylation is 1. The average Bonchev–Trinajstić information content (AvgIpc) is 2.69. The minimum Gasteiger partial charge on any atom is -0.481 e. The van der Waals surface area contributed by atoms with Crippen molar-refractivity contribution >= 4 is 17.7 Å². The van der Waals surface area contributed by atoms with Gasteiger partial charge >= 0.3 is 5.97 Å². The molecule has 0 spiro atoms. The molecule has 1 aromatic heterocycles. The highest BCUT2D eigenvalue weighted by molar-refractivity contribution is 5.93. The van der Waals surface area contributed by atoms with E-state index in [2.05, 4.69) is 4.98 Å². The van der Waals surface area contributed by atoms with Crippen LogP contribution in [0.2, 0.25) is 0 Å². The van der Waals surface area contributed by atoms with Gasteiger partial charge in [-0.25, -0.2) is 4.98 Å². The molecule has 1 saturated heterocycles. The van der Waals surface area contributed by atoms with Gasteiger partial charge < -0.3 is 20.8 Å². The number of nitrogens with two attached hydrogens (primary N) is 1. The van der Waals surface area contributed by atoms with Crippen molar-refractivity contribution in [2.45, 2.75) is 31.8 Å². The molecule has 0 radical (unpaired) electrons. The fourth-order valence-electron chi connectivity index (χ4n) is 3.80. The van der Waals surface area contributed by atoms with Crippen LogP contribution in [0.3, 0.4) is 0 Å². The number of nitrogen functional groups attached to an aromatic ring is 1. The fraction of sp³-hybridized carbons (Fsp3) is 0.381. The first-order valence-electron chi connectivity index (χ1n) is 9.39. The topological polar surface area (TPSA) is 117 Å². The first-order chi connectivity index (χ1) is 13.4. The van der Waals surface area contributed by atoms with E-state index in [1.165, 1.54) is 4.90 Å². The second-order valence-electron chi connectivity index (χ2n) is 7.28. The maximum atomic E-state index is 12.8. The molecule has 1 amide bonds. The largest absolute Gasteiger partial charge is 0.481 e. The zero-order valence-electron chi connectivity index (χ0n) is 15.6. The smallest absolute Gasteiger partial charge is 0.314 e. The predicted octanol–water partition coefficient (Wildman–Crippen LogP) is 1.96. The molecule has 28 heavy (non-hydrogen) atoms. The van der Waals surface area contributed by atoms with Crippen molar-refractivity contribution in [3.63, 3.8) is 0 Å². The van der Waals surface area contributed by atoms with Crippen molar-refractivity contribution in [1.82, 2.24) is 9.88 Å². The third-order valence-electron chi connectivity index (χ3n) is 5.42. The van der Waals surface area contributed by atoms with Gasteiger partial charge in [0.15, 0.2) is 0 Å². The Morgan fingerprint density at radius 2 is 1.93 bits per heavy atom. The van der Waals surface area contributed by atoms with Crippen LogP contribution in [0.1, 0.15) is 35.3 Å². The molecular formula is C21H25N3O4. The third-order valence-corrected chi connectivity index (χ3v) is 5.42. The number of carbonyl (C=O) groups excluding carboxylic acids is 1. The number of carboxylic acid groups (broad SMARTS) is 1. The SMILES string of the molecule is Nc1cccc(C(=O)N2CC[C@@H](O)[C@](CCCc3ccccc3)(C(=O)O)C2)n1. The number of nitrogens with zero attached hydrogens (tertiary/aromatic N) is 2. The first kappa shape index (κ1) is 19.8. The normalized spacial score (nSPS) is 22.0. The van der Waals surface area contributed by atoms with Crippen LogP contribution in [-0.2, 0) is 11.2 Å². The molecule has 7 nitrogen and oxygen atoms in total. The number of aliphatic carboxylic acids is 1. The Morgan fingerprint density at radius 1 is 1.18 bits per heavy atom. The van der Waals surface area contributed by atoms with Crippen LogP contribution >= 0.6 is 0 Å². The minimum absolute atomic E-state index is 0.0480. The number of carbonyl (C=O) groups is 2. The summed E-state index contributed by atoms with van der Waals surface area (Å²) in [5, 5.41) is 20.5. The predicted molar refractivity (Wildman–Crippen MR) is 105 cm³/mol. The van der Waals surface area contributed by atoms with Crippen molar-refractivity contribution in [3.8, 4) is 0 Å². The highest BCUT2D eigenvalue weighted by Crippen LogP contribution is 2.36. The van der Waals surface area contributed by atoms with Gasteiger partial charge in [0.05, 0.1) is 6.10 Å². The summed E-state index contributed by atoms with van der Waals surface area (Å²) in [6.45, 7) is 0.234. The van der Waals surface area contributed by atoms with E-state index in [1.807, 2.05) is 30.3 Å². The van der Waals surface area contributed by atoms with Crippen LogP contribution in [0.25, 0.3) is 0 Å². The third kappa shape index (κ3) is 4.14. The molecule has 3 rings (SSSR count). The van der Waals surface area contributed by atoms with E-state index in [0.717, 1.165) is 5.56 Å². The number of amides is 1. The van der Waals surface area contributed by atoms with E-state index < -0.39 is 17.5 Å². The highest BCUT2D eigenvalue weighted by Gasteiger charge is 2.49. The maximum Gasteiger partial charge on any atom is 0.314 e. The number of aliphatic hydroxyl groups excluding tert-OH is 1. The molecule has 2 aromatic rings. The molecule has 0 unspecified atom stereocenters. The van der Waals surface area contributed by atoms with Crippen molar-refractivity contribution < 1.29 is 19.8 Å². The second kappa shape index (κ2) is 8.39. The Balaban J connectivity index is 1.75.